The Balaban J connectivity index is 2.29. The summed E-state index contributed by atoms with van der Waals surface area (Å²) < 4.78 is 0. The van der Waals surface area contributed by atoms with Gasteiger partial charge in [-0.1, -0.05) is 71.9 Å². The van der Waals surface area contributed by atoms with E-state index in [-0.39, 0.29) is 5.25 Å². The number of thiocarbonyl (C=S) groups is 1. The number of aryl methyl sites for hydroxylation is 2. The van der Waals surface area contributed by atoms with E-state index in [1.807, 2.05) is 18.2 Å². The van der Waals surface area contributed by atoms with E-state index in [9.17, 15) is 0 Å². The van der Waals surface area contributed by atoms with Crippen molar-refractivity contribution < 1.29 is 0 Å². The van der Waals surface area contributed by atoms with Crippen LogP contribution in [0, 0.1) is 13.8 Å². The summed E-state index contributed by atoms with van der Waals surface area (Å²) in [5.41, 5.74) is 4.70. The van der Waals surface area contributed by atoms with E-state index in [1.165, 1.54) is 11.1 Å². The average molecular weight is 272 g/mol. The van der Waals surface area contributed by atoms with E-state index in [0.717, 1.165) is 16.0 Å². The minimum absolute atomic E-state index is 0.0262. The molecule has 0 amide bonds. The Bertz CT molecular complexity index is 573. The highest BCUT2D eigenvalue weighted by Gasteiger charge is 2.14. The van der Waals surface area contributed by atoms with E-state index in [4.69, 9.17) is 12.2 Å². The summed E-state index contributed by atoms with van der Waals surface area (Å²) in [5, 5.41) is -0.0262. The van der Waals surface area contributed by atoms with Gasteiger partial charge in [0.2, 0.25) is 0 Å². The van der Waals surface area contributed by atoms with Crippen molar-refractivity contribution in [1.29, 1.82) is 0 Å². The third-order valence-corrected chi connectivity index (χ3v) is 4.11. The molecule has 0 heterocycles. The molecule has 0 fully saturated rings. The summed E-state index contributed by atoms with van der Waals surface area (Å²) in [6.07, 6.45) is 0. The van der Waals surface area contributed by atoms with Crippen LogP contribution in [-0.4, -0.2) is 4.86 Å². The van der Waals surface area contributed by atoms with Crippen LogP contribution in [0.15, 0.2) is 48.5 Å². The topological polar surface area (TPSA) is 0 Å². The Morgan fingerprint density at radius 3 is 2.22 bits per heavy atom. The highest BCUT2D eigenvalue weighted by molar-refractivity contribution is 7.86. The molecule has 1 unspecified atom stereocenters. The van der Waals surface area contributed by atoms with Gasteiger partial charge in [0.1, 0.15) is 0 Å². The summed E-state index contributed by atoms with van der Waals surface area (Å²) in [5.74, 6) is 0. The molecule has 0 aliphatic carbocycles. The van der Waals surface area contributed by atoms with Gasteiger partial charge in [0.05, 0.1) is 5.25 Å². The molecule has 0 saturated carbocycles. The molecule has 2 rings (SSSR count). The molecule has 0 nitrogen and oxygen atoms in total. The molecule has 92 valence electrons. The second-order valence-electron chi connectivity index (χ2n) is 4.55. The van der Waals surface area contributed by atoms with Crippen molar-refractivity contribution in [1.82, 2.24) is 0 Å². The average Bonchev–Trinajstić information content (AvgIpc) is 2.37. The Kier molecular flexibility index (Phi) is 4.20. The third-order valence-electron chi connectivity index (χ3n) is 2.91. The van der Waals surface area contributed by atoms with E-state index >= 15 is 0 Å². The molecule has 0 spiro atoms. The molecule has 0 radical (unpaired) electrons. The van der Waals surface area contributed by atoms with Crippen molar-refractivity contribution in [2.75, 3.05) is 0 Å². The van der Waals surface area contributed by atoms with Gasteiger partial charge in [0, 0.05) is 4.86 Å². The highest BCUT2D eigenvalue weighted by Crippen LogP contribution is 2.26. The normalized spacial score (nSPS) is 12.2. The molecule has 1 atom stereocenters. The van der Waals surface area contributed by atoms with E-state index in [0.29, 0.717) is 0 Å². The quantitative estimate of drug-likeness (QED) is 0.480. The van der Waals surface area contributed by atoms with Crippen LogP contribution in [0.1, 0.15) is 27.5 Å². The fourth-order valence-corrected chi connectivity index (χ4v) is 2.52. The van der Waals surface area contributed by atoms with Gasteiger partial charge in [-0.2, -0.15) is 12.6 Å². The molecule has 0 aliphatic rings. The molecule has 18 heavy (non-hydrogen) atoms. The van der Waals surface area contributed by atoms with Gasteiger partial charge in [-0.15, -0.1) is 0 Å². The molecule has 0 saturated heterocycles. The van der Waals surface area contributed by atoms with Gasteiger partial charge < -0.3 is 0 Å². The fourth-order valence-electron chi connectivity index (χ4n) is 1.95. The van der Waals surface area contributed by atoms with Crippen molar-refractivity contribution >= 4 is 29.7 Å². The first-order chi connectivity index (χ1) is 8.58. The predicted octanol–water partition coefficient (Wildman–Crippen LogP) is 4.69. The Labute approximate surface area is 119 Å². The van der Waals surface area contributed by atoms with Crippen molar-refractivity contribution in [3.63, 3.8) is 0 Å². The summed E-state index contributed by atoms with van der Waals surface area (Å²) in [7, 11) is 0. The first-order valence-electron chi connectivity index (χ1n) is 5.93. The number of hydrogen-bond donors (Lipinski definition) is 1. The van der Waals surface area contributed by atoms with Crippen molar-refractivity contribution in [2.45, 2.75) is 19.1 Å². The van der Waals surface area contributed by atoms with Gasteiger partial charge >= 0.3 is 0 Å². The van der Waals surface area contributed by atoms with E-state index in [1.54, 1.807) is 0 Å². The SMILES string of the molecule is Cc1cccc(C(=S)C(S)c2cccc(C)c2)c1. The zero-order valence-corrected chi connectivity index (χ0v) is 12.3. The lowest BCUT2D eigenvalue weighted by Crippen LogP contribution is -2.06. The maximum Gasteiger partial charge on any atom is 0.0624 e. The van der Waals surface area contributed by atoms with E-state index in [2.05, 4.69) is 56.8 Å². The van der Waals surface area contributed by atoms with Crippen LogP contribution in [0.4, 0.5) is 0 Å². The number of rotatable bonds is 3. The minimum Gasteiger partial charge on any atom is -0.165 e. The Morgan fingerprint density at radius 1 is 1.00 bits per heavy atom. The Hall–Kier alpha value is -1.12. The van der Waals surface area contributed by atoms with Gasteiger partial charge in [0.25, 0.3) is 0 Å². The second-order valence-corrected chi connectivity index (χ2v) is 5.51. The number of thiol groups is 1. The van der Waals surface area contributed by atoms with Crippen LogP contribution in [0.3, 0.4) is 0 Å². The van der Waals surface area contributed by atoms with Gasteiger partial charge in [-0.25, -0.2) is 0 Å². The van der Waals surface area contributed by atoms with Gasteiger partial charge in [-0.3, -0.25) is 0 Å². The first-order valence-corrected chi connectivity index (χ1v) is 6.86. The van der Waals surface area contributed by atoms with Crippen LogP contribution in [-0.2, 0) is 0 Å². The lowest BCUT2D eigenvalue weighted by Gasteiger charge is -2.14. The third kappa shape index (κ3) is 3.01. The van der Waals surface area contributed by atoms with Crippen molar-refractivity contribution in [2.24, 2.45) is 0 Å². The maximum absolute atomic E-state index is 5.55. The molecule has 0 N–H and O–H groups in total. The number of benzene rings is 2. The molecule has 0 aliphatic heterocycles. The predicted molar refractivity (Wildman–Crippen MR) is 85.8 cm³/mol. The summed E-state index contributed by atoms with van der Waals surface area (Å²) >= 11 is 10.2. The van der Waals surface area contributed by atoms with Crippen molar-refractivity contribution in [3.8, 4) is 0 Å². The molecule has 2 heteroatoms. The second kappa shape index (κ2) is 5.68. The number of hydrogen-bond acceptors (Lipinski definition) is 2. The first kappa shape index (κ1) is 13.3. The minimum atomic E-state index is -0.0262. The van der Waals surface area contributed by atoms with E-state index < -0.39 is 0 Å². The standard InChI is InChI=1S/C16H16S2/c1-11-5-3-7-13(9-11)15(17)16(18)14-8-4-6-12(2)10-14/h3-10,15,17H,1-2H3. The van der Waals surface area contributed by atoms with Crippen LogP contribution in [0.2, 0.25) is 0 Å². The molecule has 0 bridgehead atoms. The van der Waals surface area contributed by atoms with Crippen LogP contribution in [0.5, 0.6) is 0 Å². The van der Waals surface area contributed by atoms with Gasteiger partial charge in [-0.05, 0) is 25.0 Å². The molecule has 0 aromatic heterocycles. The summed E-state index contributed by atoms with van der Waals surface area (Å²) in [6, 6.07) is 16.6. The lowest BCUT2D eigenvalue weighted by molar-refractivity contribution is 1.29. The zero-order chi connectivity index (χ0) is 13.1. The molecule has 2 aromatic carbocycles. The summed E-state index contributed by atoms with van der Waals surface area (Å²) in [4.78, 5) is 0.882. The summed E-state index contributed by atoms with van der Waals surface area (Å²) in [6.45, 7) is 4.16. The monoisotopic (exact) mass is 272 g/mol. The Morgan fingerprint density at radius 2 is 1.61 bits per heavy atom. The van der Waals surface area contributed by atoms with Crippen LogP contribution in [0.25, 0.3) is 0 Å². The fraction of sp³-hybridized carbons (Fsp3) is 0.188. The maximum atomic E-state index is 5.55. The molecular weight excluding hydrogens is 256 g/mol. The molecule has 2 aromatic rings. The highest BCUT2D eigenvalue weighted by atomic mass is 32.1. The largest absolute Gasteiger partial charge is 0.165 e. The lowest BCUT2D eigenvalue weighted by atomic mass is 10.0. The van der Waals surface area contributed by atoms with Gasteiger partial charge in [0.15, 0.2) is 0 Å². The van der Waals surface area contributed by atoms with Crippen LogP contribution < -0.4 is 0 Å². The van der Waals surface area contributed by atoms with Crippen molar-refractivity contribution in [3.05, 3.63) is 70.8 Å². The molecular formula is C16H16S2. The zero-order valence-electron chi connectivity index (χ0n) is 10.6. The van der Waals surface area contributed by atoms with Crippen LogP contribution >= 0.6 is 24.8 Å². The smallest absolute Gasteiger partial charge is 0.0624 e.